The Hall–Kier alpha value is -1.55. The first-order chi connectivity index (χ1) is 9.34. The second-order valence-corrected chi connectivity index (χ2v) is 4.80. The van der Waals surface area contributed by atoms with Gasteiger partial charge in [0, 0.05) is 19.8 Å². The van der Waals surface area contributed by atoms with E-state index in [0.717, 1.165) is 44.8 Å². The Balaban J connectivity index is 1.57. The Kier molecular flexibility index (Phi) is 5.69. The van der Waals surface area contributed by atoms with Crippen molar-refractivity contribution < 1.29 is 14.3 Å². The Bertz CT molecular complexity index is 374. The fourth-order valence-corrected chi connectivity index (χ4v) is 2.17. The van der Waals surface area contributed by atoms with E-state index in [-0.39, 0.29) is 12.5 Å². The van der Waals surface area contributed by atoms with Crippen LogP contribution < -0.4 is 10.1 Å². The molecule has 1 aliphatic heterocycles. The number of amides is 1. The highest BCUT2D eigenvalue weighted by atomic mass is 16.5. The first-order valence-electron chi connectivity index (χ1n) is 6.87. The maximum Gasteiger partial charge on any atom is 0.257 e. The van der Waals surface area contributed by atoms with Gasteiger partial charge in [-0.15, -0.1) is 0 Å². The zero-order valence-electron chi connectivity index (χ0n) is 11.1. The molecule has 0 atom stereocenters. The van der Waals surface area contributed by atoms with Crippen molar-refractivity contribution in [3.05, 3.63) is 30.3 Å². The molecular weight excluding hydrogens is 242 g/mol. The number of benzene rings is 1. The van der Waals surface area contributed by atoms with Gasteiger partial charge in [0.25, 0.3) is 5.91 Å². The normalized spacial score (nSPS) is 16.0. The molecule has 1 aromatic rings. The minimum absolute atomic E-state index is 0.0593. The van der Waals surface area contributed by atoms with Crippen molar-refractivity contribution in [3.63, 3.8) is 0 Å². The first-order valence-corrected chi connectivity index (χ1v) is 6.87. The topological polar surface area (TPSA) is 47.6 Å². The molecule has 1 aliphatic rings. The molecule has 2 rings (SSSR count). The summed E-state index contributed by atoms with van der Waals surface area (Å²) >= 11 is 0. The van der Waals surface area contributed by atoms with Crippen LogP contribution in [0, 0.1) is 5.92 Å². The van der Waals surface area contributed by atoms with Crippen LogP contribution in [-0.4, -0.2) is 32.3 Å². The Morgan fingerprint density at radius 2 is 2.00 bits per heavy atom. The van der Waals surface area contributed by atoms with Crippen LogP contribution in [-0.2, 0) is 9.53 Å². The van der Waals surface area contributed by atoms with Gasteiger partial charge in [-0.1, -0.05) is 18.2 Å². The van der Waals surface area contributed by atoms with Crippen LogP contribution in [0.15, 0.2) is 30.3 Å². The van der Waals surface area contributed by atoms with Gasteiger partial charge in [-0.05, 0) is 37.3 Å². The number of ether oxygens (including phenoxy) is 2. The molecular formula is C15H21NO3. The van der Waals surface area contributed by atoms with Crippen LogP contribution in [0.4, 0.5) is 0 Å². The molecule has 1 amide bonds. The number of rotatable bonds is 6. The third-order valence-corrected chi connectivity index (χ3v) is 3.33. The van der Waals surface area contributed by atoms with Crippen LogP contribution in [0.2, 0.25) is 0 Å². The van der Waals surface area contributed by atoms with E-state index in [1.54, 1.807) is 0 Å². The van der Waals surface area contributed by atoms with E-state index in [9.17, 15) is 4.79 Å². The number of carbonyl (C=O) groups excluding carboxylic acids is 1. The highest BCUT2D eigenvalue weighted by molar-refractivity contribution is 5.77. The SMILES string of the molecule is O=C(COc1ccccc1)NCCC1CCOCC1. The summed E-state index contributed by atoms with van der Waals surface area (Å²) in [6.45, 7) is 2.52. The van der Waals surface area contributed by atoms with Gasteiger partial charge < -0.3 is 14.8 Å². The Labute approximate surface area is 114 Å². The molecule has 1 saturated heterocycles. The largest absolute Gasteiger partial charge is 0.484 e. The van der Waals surface area contributed by atoms with Gasteiger partial charge in [-0.25, -0.2) is 0 Å². The summed E-state index contributed by atoms with van der Waals surface area (Å²) in [6.07, 6.45) is 3.24. The van der Waals surface area contributed by atoms with Crippen LogP contribution >= 0.6 is 0 Å². The summed E-state index contributed by atoms with van der Waals surface area (Å²) in [6, 6.07) is 9.38. The molecule has 19 heavy (non-hydrogen) atoms. The summed E-state index contributed by atoms with van der Waals surface area (Å²) < 4.78 is 10.7. The van der Waals surface area contributed by atoms with E-state index < -0.39 is 0 Å². The van der Waals surface area contributed by atoms with Gasteiger partial charge in [0.15, 0.2) is 6.61 Å². The summed E-state index contributed by atoms with van der Waals surface area (Å²) in [7, 11) is 0. The molecule has 104 valence electrons. The van der Waals surface area contributed by atoms with Crippen molar-refractivity contribution in [2.75, 3.05) is 26.4 Å². The van der Waals surface area contributed by atoms with E-state index >= 15 is 0 Å². The molecule has 1 heterocycles. The monoisotopic (exact) mass is 263 g/mol. The summed E-state index contributed by atoms with van der Waals surface area (Å²) in [5, 5.41) is 2.90. The van der Waals surface area contributed by atoms with Gasteiger partial charge in [-0.3, -0.25) is 4.79 Å². The maximum absolute atomic E-state index is 11.6. The number of hydrogen-bond donors (Lipinski definition) is 1. The van der Waals surface area contributed by atoms with Crippen molar-refractivity contribution in [3.8, 4) is 5.75 Å². The quantitative estimate of drug-likeness (QED) is 0.854. The van der Waals surface area contributed by atoms with Crippen molar-refractivity contribution in [2.45, 2.75) is 19.3 Å². The van der Waals surface area contributed by atoms with Gasteiger partial charge in [-0.2, -0.15) is 0 Å². The molecule has 0 bridgehead atoms. The molecule has 1 aromatic carbocycles. The minimum atomic E-state index is -0.0593. The maximum atomic E-state index is 11.6. The number of hydrogen-bond acceptors (Lipinski definition) is 3. The van der Waals surface area contributed by atoms with Gasteiger partial charge in [0.2, 0.25) is 0 Å². The molecule has 0 spiro atoms. The molecule has 0 saturated carbocycles. The predicted molar refractivity (Wildman–Crippen MR) is 73.1 cm³/mol. The summed E-state index contributed by atoms with van der Waals surface area (Å²) in [5.41, 5.74) is 0. The van der Waals surface area contributed by atoms with Gasteiger partial charge in [0.05, 0.1) is 0 Å². The molecule has 0 aliphatic carbocycles. The highest BCUT2D eigenvalue weighted by Crippen LogP contribution is 2.17. The third-order valence-electron chi connectivity index (χ3n) is 3.33. The lowest BCUT2D eigenvalue weighted by atomic mass is 9.97. The zero-order valence-corrected chi connectivity index (χ0v) is 11.1. The predicted octanol–water partition coefficient (Wildman–Crippen LogP) is 2.00. The molecule has 1 N–H and O–H groups in total. The molecule has 1 fully saturated rings. The standard InChI is InChI=1S/C15H21NO3/c17-15(12-19-14-4-2-1-3-5-14)16-9-6-13-7-10-18-11-8-13/h1-5,13H,6-12H2,(H,16,17). The fraction of sp³-hybridized carbons (Fsp3) is 0.533. The van der Waals surface area contributed by atoms with Crippen molar-refractivity contribution in [1.29, 1.82) is 0 Å². The van der Waals surface area contributed by atoms with Gasteiger partial charge >= 0.3 is 0 Å². The molecule has 0 radical (unpaired) electrons. The van der Waals surface area contributed by atoms with Crippen LogP contribution in [0.3, 0.4) is 0 Å². The first kappa shape index (κ1) is 13.9. The Morgan fingerprint density at radius 3 is 2.74 bits per heavy atom. The molecule has 4 heteroatoms. The lowest BCUT2D eigenvalue weighted by Gasteiger charge is -2.21. The van der Waals surface area contributed by atoms with E-state index in [0.29, 0.717) is 5.92 Å². The lowest BCUT2D eigenvalue weighted by Crippen LogP contribution is -2.31. The Morgan fingerprint density at radius 1 is 1.26 bits per heavy atom. The second-order valence-electron chi connectivity index (χ2n) is 4.80. The number of para-hydroxylation sites is 1. The summed E-state index contributed by atoms with van der Waals surface area (Å²) in [4.78, 5) is 11.6. The average molecular weight is 263 g/mol. The van der Waals surface area contributed by atoms with Crippen LogP contribution in [0.5, 0.6) is 5.75 Å². The second kappa shape index (κ2) is 7.79. The molecule has 0 aromatic heterocycles. The summed E-state index contributed by atoms with van der Waals surface area (Å²) in [5.74, 6) is 1.35. The lowest BCUT2D eigenvalue weighted by molar-refractivity contribution is -0.123. The van der Waals surface area contributed by atoms with Crippen LogP contribution in [0.25, 0.3) is 0 Å². The van der Waals surface area contributed by atoms with Crippen molar-refractivity contribution in [1.82, 2.24) is 5.32 Å². The van der Waals surface area contributed by atoms with Crippen molar-refractivity contribution in [2.24, 2.45) is 5.92 Å². The van der Waals surface area contributed by atoms with Crippen molar-refractivity contribution >= 4 is 5.91 Å². The average Bonchev–Trinajstić information content (AvgIpc) is 2.47. The van der Waals surface area contributed by atoms with E-state index in [2.05, 4.69) is 5.32 Å². The zero-order chi connectivity index (χ0) is 13.3. The third kappa shape index (κ3) is 5.30. The highest BCUT2D eigenvalue weighted by Gasteiger charge is 2.13. The van der Waals surface area contributed by atoms with E-state index in [1.165, 1.54) is 0 Å². The number of nitrogens with one attached hydrogen (secondary N) is 1. The minimum Gasteiger partial charge on any atom is -0.484 e. The molecule has 4 nitrogen and oxygen atoms in total. The number of carbonyl (C=O) groups is 1. The van der Waals surface area contributed by atoms with Gasteiger partial charge in [0.1, 0.15) is 5.75 Å². The van der Waals surface area contributed by atoms with E-state index in [1.807, 2.05) is 30.3 Å². The van der Waals surface area contributed by atoms with E-state index in [4.69, 9.17) is 9.47 Å². The van der Waals surface area contributed by atoms with Crippen LogP contribution in [0.1, 0.15) is 19.3 Å². The fourth-order valence-electron chi connectivity index (χ4n) is 2.17. The molecule has 0 unspecified atom stereocenters. The smallest absolute Gasteiger partial charge is 0.257 e.